The monoisotopic (exact) mass is 716 g/mol. The Hall–Kier alpha value is 0.763. The van der Waals surface area contributed by atoms with Gasteiger partial charge in [0.25, 0.3) is 0 Å². The topological polar surface area (TPSA) is 46.1 Å². The molecule has 1 rings (SSSR count). The molecule has 0 aromatic heterocycles. The molecule has 0 bridgehead atoms. The summed E-state index contributed by atoms with van der Waals surface area (Å²) in [4.78, 5) is 24.2. The van der Waals surface area contributed by atoms with Gasteiger partial charge >= 0.3 is 19.5 Å². The van der Waals surface area contributed by atoms with Crippen LogP contribution in [0, 0.1) is 0 Å². The van der Waals surface area contributed by atoms with Crippen molar-refractivity contribution in [2.24, 2.45) is 0 Å². The van der Waals surface area contributed by atoms with Crippen LogP contribution in [-0.2, 0) is 44.1 Å². The van der Waals surface area contributed by atoms with Crippen molar-refractivity contribution in [3.05, 3.63) is 29.3 Å². The number of aryl methyl sites for hydroxylation is 2. The fraction of sp³-hybridized carbons (Fsp3) is 0.842. The van der Waals surface area contributed by atoms with Crippen LogP contribution in [-0.4, -0.2) is 0 Å². The molecule has 0 heterocycles. The Bertz CT molecular complexity index is 801. The SMILES string of the molecule is CCCCCCCCCCCCCCCCc1ccc(SP([O-])([O-])=S)cc1CCCCCCCCCCCCCCCC.[Zn+2]. The van der Waals surface area contributed by atoms with Crippen LogP contribution >= 0.6 is 17.1 Å². The molecule has 0 aliphatic carbocycles. The van der Waals surface area contributed by atoms with Gasteiger partial charge in [-0.05, 0) is 48.9 Å². The number of hydrogen-bond acceptors (Lipinski definition) is 4. The van der Waals surface area contributed by atoms with Crippen LogP contribution in [0.5, 0.6) is 0 Å². The minimum absolute atomic E-state index is 0. The van der Waals surface area contributed by atoms with Crippen LogP contribution < -0.4 is 9.79 Å². The zero-order valence-corrected chi connectivity index (χ0v) is 34.7. The Morgan fingerprint density at radius 1 is 0.477 bits per heavy atom. The normalized spacial score (nSPS) is 11.6. The van der Waals surface area contributed by atoms with E-state index >= 15 is 0 Å². The standard InChI is InChI=1S/C38H71O2PS2.Zn/c1-3-5-7-9-11-13-15-17-19-21-23-25-27-29-31-36-33-34-38(43-41(39,40)42)35-37(36)32-30-28-26-24-22-20-18-16-14-12-10-8-6-4-2;/h33-35H,3-32H2,1-2H3,(H2,39,40,42);/q;+2/p-2. The molecule has 1 aromatic rings. The maximum atomic E-state index is 11.7. The van der Waals surface area contributed by atoms with Crippen LogP contribution in [0.2, 0.25) is 0 Å². The largest absolute Gasteiger partial charge is 2.00 e. The van der Waals surface area contributed by atoms with Gasteiger partial charge in [-0.1, -0.05) is 187 Å². The summed E-state index contributed by atoms with van der Waals surface area (Å²) < 4.78 is 0. The molecule has 0 saturated carbocycles. The van der Waals surface area contributed by atoms with E-state index in [9.17, 15) is 9.79 Å². The van der Waals surface area contributed by atoms with E-state index in [0.29, 0.717) is 0 Å². The van der Waals surface area contributed by atoms with Crippen molar-refractivity contribution in [3.8, 4) is 0 Å². The van der Waals surface area contributed by atoms with Crippen molar-refractivity contribution >= 4 is 28.9 Å². The van der Waals surface area contributed by atoms with E-state index in [4.69, 9.17) is 0 Å². The maximum absolute atomic E-state index is 11.7. The number of unbranched alkanes of at least 4 members (excludes halogenated alkanes) is 26. The minimum atomic E-state index is -3.79. The van der Waals surface area contributed by atoms with Gasteiger partial charge in [-0.25, -0.2) is 0 Å². The van der Waals surface area contributed by atoms with E-state index < -0.39 is 5.69 Å². The molecule has 252 valence electrons. The predicted octanol–water partition coefficient (Wildman–Crippen LogP) is 12.8. The number of rotatable bonds is 32. The summed E-state index contributed by atoms with van der Waals surface area (Å²) in [5.41, 5.74) is -1.02. The Kier molecular flexibility index (Phi) is 32.9. The van der Waals surface area contributed by atoms with Gasteiger partial charge in [-0.15, -0.1) is 23.2 Å². The summed E-state index contributed by atoms with van der Waals surface area (Å²) in [6.07, 6.45) is 40.7. The van der Waals surface area contributed by atoms with E-state index in [1.54, 1.807) is 0 Å². The second-order valence-corrected chi connectivity index (χ2v) is 18.8. The van der Waals surface area contributed by atoms with Gasteiger partial charge in [0, 0.05) is 4.90 Å². The van der Waals surface area contributed by atoms with Crippen LogP contribution in [0.15, 0.2) is 23.1 Å². The quantitative estimate of drug-likeness (QED) is 0.0423. The summed E-state index contributed by atoms with van der Waals surface area (Å²) >= 11 is 5.53. The van der Waals surface area contributed by atoms with E-state index in [-0.39, 0.29) is 19.5 Å². The van der Waals surface area contributed by atoms with Gasteiger partial charge < -0.3 is 9.79 Å². The van der Waals surface area contributed by atoms with Gasteiger partial charge in [0.2, 0.25) is 0 Å². The molecule has 0 unspecified atom stereocenters. The molecule has 0 radical (unpaired) electrons. The van der Waals surface area contributed by atoms with Gasteiger partial charge in [0.05, 0.1) is 0 Å². The third-order valence-corrected chi connectivity index (χ3v) is 11.7. The van der Waals surface area contributed by atoms with Crippen molar-refractivity contribution in [2.75, 3.05) is 0 Å². The predicted molar refractivity (Wildman–Crippen MR) is 195 cm³/mol. The van der Waals surface area contributed by atoms with Crippen LogP contribution in [0.1, 0.15) is 205 Å². The third-order valence-electron chi connectivity index (χ3n) is 8.99. The summed E-state index contributed by atoms with van der Waals surface area (Å²) in [6.45, 7) is 4.57. The Morgan fingerprint density at radius 3 is 1.09 bits per heavy atom. The molecule has 0 saturated heterocycles. The Balaban J connectivity index is 0.0000185. The molecule has 0 spiro atoms. The molecule has 0 fully saturated rings. The average molecular weight is 718 g/mol. The molecule has 44 heavy (non-hydrogen) atoms. The van der Waals surface area contributed by atoms with Crippen molar-refractivity contribution in [3.63, 3.8) is 0 Å². The molecule has 0 aliphatic heterocycles. The molecule has 0 amide bonds. The second kappa shape index (κ2) is 32.3. The average Bonchev–Trinajstić information content (AvgIpc) is 2.97. The van der Waals surface area contributed by atoms with E-state index in [1.807, 2.05) is 6.07 Å². The smallest absolute Gasteiger partial charge is 0.824 e. The van der Waals surface area contributed by atoms with E-state index in [1.165, 1.54) is 191 Å². The van der Waals surface area contributed by atoms with Gasteiger partial charge in [-0.2, -0.15) is 5.69 Å². The minimum Gasteiger partial charge on any atom is -0.824 e. The first-order valence-corrected chi connectivity index (χ1v) is 22.9. The first kappa shape index (κ1) is 44.8. The summed E-state index contributed by atoms with van der Waals surface area (Å²) in [6, 6.07) is 6.26. The fourth-order valence-electron chi connectivity index (χ4n) is 6.28. The Morgan fingerprint density at radius 2 is 0.773 bits per heavy atom. The van der Waals surface area contributed by atoms with Crippen molar-refractivity contribution in [2.45, 2.75) is 211 Å². The third kappa shape index (κ3) is 28.9. The van der Waals surface area contributed by atoms with Crippen molar-refractivity contribution in [1.29, 1.82) is 0 Å². The van der Waals surface area contributed by atoms with Gasteiger partial charge in [0.1, 0.15) is 0 Å². The molecular formula is C38H69O2PS2Zn. The molecule has 6 heteroatoms. The molecule has 0 atom stereocenters. The molecule has 0 aliphatic rings. The number of hydrogen-bond donors (Lipinski definition) is 0. The first-order chi connectivity index (χ1) is 21.0. The zero-order valence-electron chi connectivity index (χ0n) is 29.2. The van der Waals surface area contributed by atoms with Crippen molar-refractivity contribution in [1.82, 2.24) is 0 Å². The summed E-state index contributed by atoms with van der Waals surface area (Å²) in [5.74, 6) is 0. The van der Waals surface area contributed by atoms with Crippen LogP contribution in [0.3, 0.4) is 0 Å². The van der Waals surface area contributed by atoms with Gasteiger partial charge in [-0.3, -0.25) is 0 Å². The number of benzene rings is 1. The summed E-state index contributed by atoms with van der Waals surface area (Å²) in [5, 5.41) is 0. The molecule has 1 aromatic carbocycles. The second-order valence-electron chi connectivity index (χ2n) is 13.2. The Labute approximate surface area is 297 Å². The fourth-order valence-corrected chi connectivity index (χ4v) is 8.76. The van der Waals surface area contributed by atoms with Crippen LogP contribution in [0.25, 0.3) is 0 Å². The zero-order chi connectivity index (χ0) is 31.3. The van der Waals surface area contributed by atoms with E-state index in [2.05, 4.69) is 37.8 Å². The van der Waals surface area contributed by atoms with Gasteiger partial charge in [0.15, 0.2) is 0 Å². The first-order valence-electron chi connectivity index (χ1n) is 18.8. The molecule has 2 nitrogen and oxygen atoms in total. The molecule has 0 N–H and O–H groups in total. The molecular weight excluding hydrogens is 649 g/mol. The van der Waals surface area contributed by atoms with Crippen LogP contribution in [0.4, 0.5) is 0 Å². The summed E-state index contributed by atoms with van der Waals surface area (Å²) in [7, 11) is 0. The van der Waals surface area contributed by atoms with Crippen molar-refractivity contribution < 1.29 is 29.3 Å². The van der Waals surface area contributed by atoms with E-state index in [0.717, 1.165) is 29.1 Å². The maximum Gasteiger partial charge on any atom is 2.00 e.